The lowest BCUT2D eigenvalue weighted by molar-refractivity contribution is -0.384. The lowest BCUT2D eigenvalue weighted by Crippen LogP contribution is -2.37. The maximum atomic E-state index is 12.6. The van der Waals surface area contributed by atoms with Crippen molar-refractivity contribution < 1.29 is 14.5 Å². The monoisotopic (exact) mass is 423 g/mol. The Morgan fingerprint density at radius 2 is 1.83 bits per heavy atom. The van der Waals surface area contributed by atoms with Crippen molar-refractivity contribution >= 4 is 34.4 Å². The fourth-order valence-corrected chi connectivity index (χ4v) is 3.67. The zero-order valence-corrected chi connectivity index (χ0v) is 17.2. The van der Waals surface area contributed by atoms with Crippen LogP contribution in [-0.4, -0.2) is 29.7 Å². The highest BCUT2D eigenvalue weighted by molar-refractivity contribution is 7.09. The van der Waals surface area contributed by atoms with Gasteiger partial charge in [0.1, 0.15) is 5.69 Å². The summed E-state index contributed by atoms with van der Waals surface area (Å²) in [7, 11) is 0. The van der Waals surface area contributed by atoms with Crippen molar-refractivity contribution in [2.75, 3.05) is 18.0 Å². The van der Waals surface area contributed by atoms with Crippen molar-refractivity contribution in [3.05, 3.63) is 92.2 Å². The fourth-order valence-electron chi connectivity index (χ4n) is 3.03. The molecule has 8 heteroatoms. The van der Waals surface area contributed by atoms with E-state index < -0.39 is 4.92 Å². The Balaban J connectivity index is 1.79. The first-order valence-corrected chi connectivity index (χ1v) is 10.3. The zero-order chi connectivity index (χ0) is 21.5. The number of nitrogens with one attached hydrogen (secondary N) is 1. The number of amides is 1. The number of anilines is 1. The van der Waals surface area contributed by atoms with Gasteiger partial charge < -0.3 is 10.2 Å². The van der Waals surface area contributed by atoms with Crippen LogP contribution in [0, 0.1) is 10.1 Å². The number of nitrogens with zero attached hydrogens (tertiary/aromatic N) is 2. The summed E-state index contributed by atoms with van der Waals surface area (Å²) in [5, 5.41) is 16.4. The van der Waals surface area contributed by atoms with Crippen LogP contribution in [0.25, 0.3) is 0 Å². The van der Waals surface area contributed by atoms with Gasteiger partial charge in [0, 0.05) is 28.6 Å². The Bertz CT molecular complexity index is 1040. The third-order valence-corrected chi connectivity index (χ3v) is 5.44. The van der Waals surface area contributed by atoms with Gasteiger partial charge >= 0.3 is 0 Å². The number of nitro groups is 1. The number of benzene rings is 2. The van der Waals surface area contributed by atoms with E-state index in [0.717, 1.165) is 4.88 Å². The van der Waals surface area contributed by atoms with Gasteiger partial charge in [0.2, 0.25) is 5.91 Å². The largest absolute Gasteiger partial charge is 0.357 e. The molecule has 0 radical (unpaired) electrons. The molecule has 0 saturated heterocycles. The SMILES string of the molecule is CCN(CC(=O)NCc1cccs1)c1ccc(C(=O)c2ccccc2)cc1[N+](=O)[O-]. The van der Waals surface area contributed by atoms with Gasteiger partial charge in [-0.3, -0.25) is 19.7 Å². The molecular weight excluding hydrogens is 402 g/mol. The summed E-state index contributed by atoms with van der Waals surface area (Å²) >= 11 is 1.55. The van der Waals surface area contributed by atoms with Gasteiger partial charge in [-0.15, -0.1) is 11.3 Å². The third kappa shape index (κ3) is 5.09. The van der Waals surface area contributed by atoms with E-state index in [0.29, 0.717) is 24.3 Å². The molecule has 3 aromatic rings. The molecule has 1 amide bonds. The van der Waals surface area contributed by atoms with Gasteiger partial charge in [0.15, 0.2) is 5.78 Å². The van der Waals surface area contributed by atoms with Crippen LogP contribution >= 0.6 is 11.3 Å². The highest BCUT2D eigenvalue weighted by Crippen LogP contribution is 2.30. The summed E-state index contributed by atoms with van der Waals surface area (Å²) < 4.78 is 0. The minimum absolute atomic E-state index is 0.0192. The van der Waals surface area contributed by atoms with E-state index in [1.54, 1.807) is 52.6 Å². The summed E-state index contributed by atoms with van der Waals surface area (Å²) in [5.41, 5.74) is 0.790. The van der Waals surface area contributed by atoms with Gasteiger partial charge in [-0.1, -0.05) is 36.4 Å². The van der Waals surface area contributed by atoms with E-state index in [2.05, 4.69) is 5.32 Å². The Labute approximate surface area is 178 Å². The van der Waals surface area contributed by atoms with Gasteiger partial charge in [0.05, 0.1) is 18.0 Å². The first-order valence-electron chi connectivity index (χ1n) is 9.41. The van der Waals surface area contributed by atoms with Crippen LogP contribution in [-0.2, 0) is 11.3 Å². The van der Waals surface area contributed by atoms with Crippen molar-refractivity contribution in [3.8, 4) is 0 Å². The number of thiophene rings is 1. The maximum Gasteiger partial charge on any atom is 0.293 e. The molecule has 0 atom stereocenters. The van der Waals surface area contributed by atoms with Gasteiger partial charge in [0.25, 0.3) is 5.69 Å². The normalized spacial score (nSPS) is 10.4. The van der Waals surface area contributed by atoms with E-state index >= 15 is 0 Å². The Morgan fingerprint density at radius 1 is 1.07 bits per heavy atom. The van der Waals surface area contributed by atoms with E-state index in [1.807, 2.05) is 24.4 Å². The molecule has 0 fully saturated rings. The van der Waals surface area contributed by atoms with Crippen LogP contribution in [0.15, 0.2) is 66.0 Å². The molecule has 1 aromatic heterocycles. The number of carbonyl (C=O) groups excluding carboxylic acids is 2. The minimum Gasteiger partial charge on any atom is -0.357 e. The molecule has 0 aliphatic heterocycles. The number of rotatable bonds is 9. The molecule has 0 aliphatic rings. The zero-order valence-electron chi connectivity index (χ0n) is 16.4. The van der Waals surface area contributed by atoms with Crippen molar-refractivity contribution in [2.45, 2.75) is 13.5 Å². The average molecular weight is 423 g/mol. The summed E-state index contributed by atoms with van der Waals surface area (Å²) in [6, 6.07) is 16.8. The quantitative estimate of drug-likeness (QED) is 0.319. The van der Waals surface area contributed by atoms with Crippen LogP contribution in [0.5, 0.6) is 0 Å². The molecule has 2 aromatic carbocycles. The van der Waals surface area contributed by atoms with Crippen LogP contribution in [0.4, 0.5) is 11.4 Å². The Morgan fingerprint density at radius 3 is 2.47 bits per heavy atom. The molecule has 0 unspecified atom stereocenters. The van der Waals surface area contributed by atoms with E-state index in [9.17, 15) is 19.7 Å². The molecule has 30 heavy (non-hydrogen) atoms. The fraction of sp³-hybridized carbons (Fsp3) is 0.182. The molecule has 0 saturated carbocycles. The van der Waals surface area contributed by atoms with Crippen LogP contribution in [0.1, 0.15) is 27.7 Å². The van der Waals surface area contributed by atoms with Crippen molar-refractivity contribution in [1.82, 2.24) is 5.32 Å². The van der Waals surface area contributed by atoms with E-state index in [4.69, 9.17) is 0 Å². The lowest BCUT2D eigenvalue weighted by Gasteiger charge is -2.22. The molecule has 1 N–H and O–H groups in total. The number of hydrogen-bond donors (Lipinski definition) is 1. The number of hydrogen-bond acceptors (Lipinski definition) is 6. The van der Waals surface area contributed by atoms with Crippen LogP contribution in [0.2, 0.25) is 0 Å². The van der Waals surface area contributed by atoms with Crippen LogP contribution in [0.3, 0.4) is 0 Å². The maximum absolute atomic E-state index is 12.6. The average Bonchev–Trinajstić information content (AvgIpc) is 3.29. The van der Waals surface area contributed by atoms with Crippen molar-refractivity contribution in [3.63, 3.8) is 0 Å². The number of nitro benzene ring substituents is 1. The van der Waals surface area contributed by atoms with Gasteiger partial charge in [-0.05, 0) is 30.5 Å². The number of ketones is 1. The summed E-state index contributed by atoms with van der Waals surface area (Å²) in [4.78, 5) is 38.8. The van der Waals surface area contributed by atoms with E-state index in [1.165, 1.54) is 12.1 Å². The second-order valence-corrected chi connectivity index (χ2v) is 7.56. The minimum atomic E-state index is -0.524. The first kappa shape index (κ1) is 21.2. The first-order chi connectivity index (χ1) is 14.5. The van der Waals surface area contributed by atoms with Crippen molar-refractivity contribution in [1.29, 1.82) is 0 Å². The standard InChI is InChI=1S/C22H21N3O4S/c1-2-24(15-21(26)23-14-18-9-6-12-30-18)19-11-10-17(13-20(19)25(28)29)22(27)16-7-4-3-5-8-16/h3-13H,2,14-15H2,1H3,(H,23,26). The van der Waals surface area contributed by atoms with Gasteiger partial charge in [-0.25, -0.2) is 0 Å². The third-order valence-electron chi connectivity index (χ3n) is 4.57. The number of likely N-dealkylation sites (N-methyl/N-ethyl adjacent to an activating group) is 1. The highest BCUT2D eigenvalue weighted by Gasteiger charge is 2.23. The second-order valence-electron chi connectivity index (χ2n) is 6.53. The van der Waals surface area contributed by atoms with E-state index in [-0.39, 0.29) is 29.5 Å². The second kappa shape index (κ2) is 9.80. The topological polar surface area (TPSA) is 92.6 Å². The molecule has 7 nitrogen and oxygen atoms in total. The van der Waals surface area contributed by atoms with Crippen molar-refractivity contribution in [2.24, 2.45) is 0 Å². The molecular formula is C22H21N3O4S. The highest BCUT2D eigenvalue weighted by atomic mass is 32.1. The molecule has 0 bridgehead atoms. The predicted molar refractivity (Wildman–Crippen MR) is 117 cm³/mol. The lowest BCUT2D eigenvalue weighted by atomic mass is 10.0. The molecule has 154 valence electrons. The summed E-state index contributed by atoms with van der Waals surface area (Å²) in [5.74, 6) is -0.522. The van der Waals surface area contributed by atoms with Crippen LogP contribution < -0.4 is 10.2 Å². The molecule has 1 heterocycles. The molecule has 0 aliphatic carbocycles. The molecule has 0 spiro atoms. The summed E-state index contributed by atoms with van der Waals surface area (Å²) in [6.07, 6.45) is 0. The Hall–Kier alpha value is -3.52. The smallest absolute Gasteiger partial charge is 0.293 e. The number of carbonyl (C=O) groups is 2. The van der Waals surface area contributed by atoms with Gasteiger partial charge in [-0.2, -0.15) is 0 Å². The predicted octanol–water partition coefficient (Wildman–Crippen LogP) is 4.03. The molecule has 3 rings (SSSR count). The summed E-state index contributed by atoms with van der Waals surface area (Å²) in [6.45, 7) is 2.62. The Kier molecular flexibility index (Phi) is 6.92.